The molecule has 0 N–H and O–H groups in total. The van der Waals surface area contributed by atoms with Gasteiger partial charge in [0.1, 0.15) is 0 Å². The summed E-state index contributed by atoms with van der Waals surface area (Å²) in [7, 11) is 0. The minimum absolute atomic E-state index is 0.200. The van der Waals surface area contributed by atoms with E-state index in [1.165, 1.54) is 5.56 Å². The van der Waals surface area contributed by atoms with Crippen molar-refractivity contribution >= 4 is 6.08 Å². The van der Waals surface area contributed by atoms with Crippen molar-refractivity contribution in [1.82, 2.24) is 0 Å². The second-order valence-corrected chi connectivity index (χ2v) is 4.21. The lowest BCUT2D eigenvalue weighted by atomic mass is 9.89. The van der Waals surface area contributed by atoms with Gasteiger partial charge in [-0.2, -0.15) is 0 Å². The molecule has 0 aliphatic carbocycles. The van der Waals surface area contributed by atoms with Crippen molar-refractivity contribution in [3.63, 3.8) is 0 Å². The number of rotatable bonds is 4. The molecule has 0 heterocycles. The van der Waals surface area contributed by atoms with E-state index in [2.05, 4.69) is 56.8 Å². The Morgan fingerprint density at radius 3 is 2.43 bits per heavy atom. The molecule has 0 aliphatic rings. The van der Waals surface area contributed by atoms with Crippen molar-refractivity contribution < 1.29 is 0 Å². The summed E-state index contributed by atoms with van der Waals surface area (Å²) < 4.78 is 0. The van der Waals surface area contributed by atoms with Crippen molar-refractivity contribution in [2.24, 2.45) is 5.41 Å². The Morgan fingerprint density at radius 2 is 1.86 bits per heavy atom. The van der Waals surface area contributed by atoms with Gasteiger partial charge in [0.25, 0.3) is 0 Å². The van der Waals surface area contributed by atoms with E-state index in [9.17, 15) is 0 Å². The van der Waals surface area contributed by atoms with Crippen LogP contribution < -0.4 is 0 Å². The van der Waals surface area contributed by atoms with Gasteiger partial charge in [-0.1, -0.05) is 62.4 Å². The van der Waals surface area contributed by atoms with E-state index >= 15 is 0 Å². The van der Waals surface area contributed by atoms with Gasteiger partial charge in [0.2, 0.25) is 0 Å². The topological polar surface area (TPSA) is 0 Å². The molecule has 0 aliphatic heterocycles. The van der Waals surface area contributed by atoms with Crippen molar-refractivity contribution in [3.05, 3.63) is 54.6 Å². The lowest BCUT2D eigenvalue weighted by Gasteiger charge is -2.16. The first-order valence-corrected chi connectivity index (χ1v) is 4.99. The molecule has 0 saturated heterocycles. The molecule has 1 aromatic rings. The average molecular weight is 186 g/mol. The fourth-order valence-corrected chi connectivity index (χ4v) is 1.15. The van der Waals surface area contributed by atoms with E-state index in [1.807, 2.05) is 12.1 Å². The van der Waals surface area contributed by atoms with Crippen molar-refractivity contribution in [3.8, 4) is 0 Å². The predicted octanol–water partition coefficient (Wildman–Crippen LogP) is 4.30. The number of hydrogen-bond donors (Lipinski definition) is 0. The first-order valence-electron chi connectivity index (χ1n) is 4.99. The zero-order valence-corrected chi connectivity index (χ0v) is 9.03. The van der Waals surface area contributed by atoms with Crippen LogP contribution in [0.15, 0.2) is 49.1 Å². The standard InChI is InChI=1S/C14H18/c1-4-14(2,3)12-8-11-13-9-6-5-7-10-13/h4-11H,1,12H2,2-3H3. The van der Waals surface area contributed by atoms with Crippen LogP contribution in [0.3, 0.4) is 0 Å². The van der Waals surface area contributed by atoms with Crippen molar-refractivity contribution in [2.75, 3.05) is 0 Å². The second kappa shape index (κ2) is 4.80. The van der Waals surface area contributed by atoms with Gasteiger partial charge in [-0.3, -0.25) is 0 Å². The lowest BCUT2D eigenvalue weighted by Crippen LogP contribution is -2.03. The van der Waals surface area contributed by atoms with Gasteiger partial charge in [-0.15, -0.1) is 6.58 Å². The second-order valence-electron chi connectivity index (χ2n) is 4.21. The van der Waals surface area contributed by atoms with Crippen LogP contribution >= 0.6 is 0 Å². The number of hydrogen-bond acceptors (Lipinski definition) is 0. The van der Waals surface area contributed by atoms with Gasteiger partial charge in [0.15, 0.2) is 0 Å². The maximum atomic E-state index is 3.82. The van der Waals surface area contributed by atoms with Crippen LogP contribution in [0.2, 0.25) is 0 Å². The summed E-state index contributed by atoms with van der Waals surface area (Å²) in [5, 5.41) is 0. The van der Waals surface area contributed by atoms with Crippen LogP contribution in [0.5, 0.6) is 0 Å². The highest BCUT2D eigenvalue weighted by Crippen LogP contribution is 2.22. The van der Waals surface area contributed by atoms with Crippen LogP contribution in [0.1, 0.15) is 25.8 Å². The van der Waals surface area contributed by atoms with E-state index in [-0.39, 0.29) is 5.41 Å². The van der Waals surface area contributed by atoms with E-state index in [1.54, 1.807) is 0 Å². The summed E-state index contributed by atoms with van der Waals surface area (Å²) in [5.74, 6) is 0. The minimum atomic E-state index is 0.200. The Hall–Kier alpha value is -1.30. The van der Waals surface area contributed by atoms with Gasteiger partial charge in [-0.25, -0.2) is 0 Å². The Morgan fingerprint density at radius 1 is 1.21 bits per heavy atom. The fraction of sp³-hybridized carbons (Fsp3) is 0.286. The van der Waals surface area contributed by atoms with E-state index in [4.69, 9.17) is 0 Å². The molecule has 0 spiro atoms. The summed E-state index contributed by atoms with van der Waals surface area (Å²) in [6.45, 7) is 8.20. The highest BCUT2D eigenvalue weighted by molar-refractivity contribution is 5.48. The predicted molar refractivity (Wildman–Crippen MR) is 64.1 cm³/mol. The molecule has 0 fully saturated rings. The highest BCUT2D eigenvalue weighted by atomic mass is 14.1. The molecule has 0 saturated carbocycles. The zero-order valence-electron chi connectivity index (χ0n) is 9.03. The quantitative estimate of drug-likeness (QED) is 0.615. The number of allylic oxidation sites excluding steroid dienone is 2. The van der Waals surface area contributed by atoms with Crippen LogP contribution in [-0.4, -0.2) is 0 Å². The minimum Gasteiger partial charge on any atom is -0.103 e. The molecule has 74 valence electrons. The van der Waals surface area contributed by atoms with E-state index in [0.717, 1.165) is 6.42 Å². The van der Waals surface area contributed by atoms with Gasteiger partial charge < -0.3 is 0 Å². The normalized spacial score (nSPS) is 11.9. The highest BCUT2D eigenvalue weighted by Gasteiger charge is 2.09. The molecule has 0 nitrogen and oxygen atoms in total. The molecule has 0 unspecified atom stereocenters. The van der Waals surface area contributed by atoms with Crippen molar-refractivity contribution in [2.45, 2.75) is 20.3 Å². The smallest absolute Gasteiger partial charge is 0.0143 e. The van der Waals surface area contributed by atoms with Gasteiger partial charge >= 0.3 is 0 Å². The summed E-state index contributed by atoms with van der Waals surface area (Å²) >= 11 is 0. The largest absolute Gasteiger partial charge is 0.103 e. The van der Waals surface area contributed by atoms with E-state index < -0.39 is 0 Å². The average Bonchev–Trinajstić information content (AvgIpc) is 2.19. The van der Waals surface area contributed by atoms with Gasteiger partial charge in [0, 0.05) is 0 Å². The van der Waals surface area contributed by atoms with E-state index in [0.29, 0.717) is 0 Å². The SMILES string of the molecule is C=CC(C)(C)CC=Cc1ccccc1. The first kappa shape index (κ1) is 10.8. The summed E-state index contributed by atoms with van der Waals surface area (Å²) in [5.41, 5.74) is 1.46. The molecule has 0 heteroatoms. The fourth-order valence-electron chi connectivity index (χ4n) is 1.15. The Balaban J connectivity index is 2.54. The third-order valence-electron chi connectivity index (χ3n) is 2.31. The monoisotopic (exact) mass is 186 g/mol. The molecule has 0 amide bonds. The Labute approximate surface area is 87.0 Å². The Bertz CT molecular complexity index is 304. The Kier molecular flexibility index (Phi) is 3.70. The molecule has 0 atom stereocenters. The molecule has 14 heavy (non-hydrogen) atoms. The molecular formula is C14H18. The third kappa shape index (κ3) is 3.61. The maximum Gasteiger partial charge on any atom is -0.0143 e. The van der Waals surface area contributed by atoms with Gasteiger partial charge in [-0.05, 0) is 17.4 Å². The zero-order chi connectivity index (χ0) is 10.4. The van der Waals surface area contributed by atoms with Crippen LogP contribution in [0.4, 0.5) is 0 Å². The molecule has 0 aromatic heterocycles. The summed E-state index contributed by atoms with van der Waals surface area (Å²) in [6, 6.07) is 10.4. The molecule has 1 aromatic carbocycles. The number of benzene rings is 1. The van der Waals surface area contributed by atoms with Crippen LogP contribution in [0, 0.1) is 5.41 Å². The lowest BCUT2D eigenvalue weighted by molar-refractivity contribution is 0.491. The van der Waals surface area contributed by atoms with Crippen molar-refractivity contribution in [1.29, 1.82) is 0 Å². The van der Waals surface area contributed by atoms with Gasteiger partial charge in [0.05, 0.1) is 0 Å². The first-order chi connectivity index (χ1) is 6.64. The molecule has 0 radical (unpaired) electrons. The third-order valence-corrected chi connectivity index (χ3v) is 2.31. The maximum absolute atomic E-state index is 3.82. The van der Waals surface area contributed by atoms with Crippen LogP contribution in [0.25, 0.3) is 6.08 Å². The molecule has 0 bridgehead atoms. The summed E-state index contributed by atoms with van der Waals surface area (Å²) in [6.07, 6.45) is 7.40. The molecule has 1 rings (SSSR count). The summed E-state index contributed by atoms with van der Waals surface area (Å²) in [4.78, 5) is 0. The van der Waals surface area contributed by atoms with Crippen LogP contribution in [-0.2, 0) is 0 Å². The molecular weight excluding hydrogens is 168 g/mol.